The van der Waals surface area contributed by atoms with Crippen molar-refractivity contribution in [1.29, 1.82) is 0 Å². The highest BCUT2D eigenvalue weighted by molar-refractivity contribution is 7.86. The van der Waals surface area contributed by atoms with Crippen molar-refractivity contribution in [2.24, 2.45) is 17.3 Å². The summed E-state index contributed by atoms with van der Waals surface area (Å²) in [6, 6.07) is 9.58. The van der Waals surface area contributed by atoms with Crippen LogP contribution in [-0.4, -0.2) is 45.4 Å². The summed E-state index contributed by atoms with van der Waals surface area (Å²) in [5.74, 6) is -0.563. The number of fused-ring (bicyclic) bond motifs is 1. The van der Waals surface area contributed by atoms with Crippen molar-refractivity contribution in [3.05, 3.63) is 59.5 Å². The van der Waals surface area contributed by atoms with Crippen LogP contribution in [-0.2, 0) is 29.3 Å². The number of anilines is 1. The van der Waals surface area contributed by atoms with Gasteiger partial charge in [-0.25, -0.2) is 17.4 Å². The van der Waals surface area contributed by atoms with E-state index in [1.165, 1.54) is 12.1 Å². The number of para-hydroxylation sites is 1. The molecule has 0 aliphatic heterocycles. The standard InChI is InChI=1S/C21H22F3N5O2S/c1-4-32(30)29(18-7-5-6-15-11-26-28(3)20(15)18)12-16-9-8-14(10-17(16)22)21(27-25-2)31-13-19(23)24/h5-11,19H,2,4,12-13H2,1,3H3/b27-21-. The van der Waals surface area contributed by atoms with Gasteiger partial charge in [0.25, 0.3) is 6.43 Å². The number of alkyl halides is 2. The minimum Gasteiger partial charge on any atom is -0.470 e. The molecule has 1 heterocycles. The summed E-state index contributed by atoms with van der Waals surface area (Å²) < 4.78 is 61.0. The monoisotopic (exact) mass is 465 g/mol. The number of halogens is 3. The number of aromatic nitrogens is 2. The Balaban J connectivity index is 1.95. The summed E-state index contributed by atoms with van der Waals surface area (Å²) in [4.78, 5) is 0. The van der Waals surface area contributed by atoms with Gasteiger partial charge in [-0.05, 0) is 18.2 Å². The van der Waals surface area contributed by atoms with Crippen LogP contribution in [0.3, 0.4) is 0 Å². The minimum absolute atomic E-state index is 0.0148. The Morgan fingerprint density at radius 1 is 1.34 bits per heavy atom. The fraction of sp³-hybridized carbons (Fsp3) is 0.286. The van der Waals surface area contributed by atoms with Crippen LogP contribution in [0.5, 0.6) is 0 Å². The van der Waals surface area contributed by atoms with E-state index in [4.69, 9.17) is 4.74 Å². The minimum atomic E-state index is -2.72. The van der Waals surface area contributed by atoms with Crippen LogP contribution in [0.1, 0.15) is 18.1 Å². The Kier molecular flexibility index (Phi) is 7.62. The lowest BCUT2D eigenvalue weighted by atomic mass is 10.1. The number of ether oxygens (including phenoxy) is 1. The van der Waals surface area contributed by atoms with Crippen molar-refractivity contribution < 1.29 is 22.1 Å². The molecular formula is C21H22F3N5O2S. The smallest absolute Gasteiger partial charge is 0.272 e. The summed E-state index contributed by atoms with van der Waals surface area (Å²) in [7, 11) is 0.352. The lowest BCUT2D eigenvalue weighted by Crippen LogP contribution is -2.27. The quantitative estimate of drug-likeness (QED) is 0.272. The zero-order valence-corrected chi connectivity index (χ0v) is 18.4. The lowest BCUT2D eigenvalue weighted by molar-refractivity contribution is 0.0765. The van der Waals surface area contributed by atoms with E-state index in [1.807, 2.05) is 18.2 Å². The Bertz CT molecular complexity index is 1170. The molecule has 0 aliphatic carbocycles. The molecule has 1 atom stereocenters. The number of nitrogens with zero attached hydrogens (tertiary/aromatic N) is 5. The molecule has 11 heteroatoms. The molecule has 0 N–H and O–H groups in total. The predicted molar refractivity (Wildman–Crippen MR) is 120 cm³/mol. The van der Waals surface area contributed by atoms with Crippen LogP contribution < -0.4 is 4.31 Å². The second-order valence-corrected chi connectivity index (χ2v) is 8.35. The van der Waals surface area contributed by atoms with E-state index in [1.54, 1.807) is 29.2 Å². The van der Waals surface area contributed by atoms with Gasteiger partial charge in [-0.3, -0.25) is 8.99 Å². The third kappa shape index (κ3) is 5.16. The molecule has 7 nitrogen and oxygen atoms in total. The average molecular weight is 466 g/mol. The lowest BCUT2D eigenvalue weighted by Gasteiger charge is -2.24. The Morgan fingerprint density at radius 2 is 2.12 bits per heavy atom. The van der Waals surface area contributed by atoms with Crippen molar-refractivity contribution in [2.45, 2.75) is 19.9 Å². The Morgan fingerprint density at radius 3 is 2.78 bits per heavy atom. The second kappa shape index (κ2) is 10.4. The molecule has 0 spiro atoms. The van der Waals surface area contributed by atoms with E-state index >= 15 is 0 Å². The normalized spacial score (nSPS) is 12.9. The first kappa shape index (κ1) is 23.5. The van der Waals surface area contributed by atoms with Crippen molar-refractivity contribution >= 4 is 40.2 Å². The van der Waals surface area contributed by atoms with Crippen LogP contribution >= 0.6 is 0 Å². The molecule has 1 unspecified atom stereocenters. The number of rotatable bonds is 9. The van der Waals surface area contributed by atoms with Gasteiger partial charge in [-0.2, -0.15) is 10.2 Å². The van der Waals surface area contributed by atoms with Crippen molar-refractivity contribution in [1.82, 2.24) is 9.78 Å². The third-order valence-electron chi connectivity index (χ3n) is 4.62. The van der Waals surface area contributed by atoms with Crippen LogP contribution in [0, 0.1) is 5.82 Å². The first-order valence-electron chi connectivity index (χ1n) is 9.65. The molecule has 2 aromatic carbocycles. The molecule has 0 bridgehead atoms. The largest absolute Gasteiger partial charge is 0.470 e. The Hall–Kier alpha value is -3.21. The highest BCUT2D eigenvalue weighted by Crippen LogP contribution is 2.29. The maximum absolute atomic E-state index is 15.0. The van der Waals surface area contributed by atoms with Crippen LogP contribution in [0.25, 0.3) is 10.9 Å². The molecule has 170 valence electrons. The summed E-state index contributed by atoms with van der Waals surface area (Å²) in [5.41, 5.74) is 1.83. The first-order valence-corrected chi connectivity index (χ1v) is 10.9. The molecule has 0 saturated carbocycles. The van der Waals surface area contributed by atoms with Crippen molar-refractivity contribution in [2.75, 3.05) is 16.7 Å². The maximum atomic E-state index is 15.0. The average Bonchev–Trinajstić information content (AvgIpc) is 3.16. The van der Waals surface area contributed by atoms with E-state index in [0.29, 0.717) is 11.4 Å². The van der Waals surface area contributed by atoms with E-state index in [0.717, 1.165) is 17.0 Å². The van der Waals surface area contributed by atoms with Gasteiger partial charge in [-0.1, -0.05) is 25.1 Å². The van der Waals surface area contributed by atoms with Crippen LogP contribution in [0.4, 0.5) is 18.9 Å². The van der Waals surface area contributed by atoms with Gasteiger partial charge in [-0.15, -0.1) is 5.10 Å². The SMILES string of the molecule is C=N/N=C(\OCC(F)F)c1ccc(CN(c2cccc3cnn(C)c23)S(=O)CC)c(F)c1. The predicted octanol–water partition coefficient (Wildman–Crippen LogP) is 4.05. The van der Waals surface area contributed by atoms with Gasteiger partial charge in [0.2, 0.25) is 5.90 Å². The van der Waals surface area contributed by atoms with Gasteiger partial charge in [0.1, 0.15) is 16.8 Å². The molecule has 0 amide bonds. The van der Waals surface area contributed by atoms with E-state index in [2.05, 4.69) is 22.0 Å². The van der Waals surface area contributed by atoms with Crippen LogP contribution in [0.15, 0.2) is 52.8 Å². The van der Waals surface area contributed by atoms with Crippen LogP contribution in [0.2, 0.25) is 0 Å². The molecule has 0 fully saturated rings. The number of aryl methyl sites for hydroxylation is 1. The summed E-state index contributed by atoms with van der Waals surface area (Å²) in [5, 5.41) is 12.0. The van der Waals surface area contributed by atoms with Gasteiger partial charge in [0.05, 0.1) is 23.9 Å². The molecular weight excluding hydrogens is 443 g/mol. The summed E-state index contributed by atoms with van der Waals surface area (Å²) >= 11 is 0. The molecule has 0 radical (unpaired) electrons. The number of benzene rings is 2. The first-order chi connectivity index (χ1) is 15.3. The molecule has 3 rings (SSSR count). The topological polar surface area (TPSA) is 72.1 Å². The van der Waals surface area contributed by atoms with Crippen molar-refractivity contribution in [3.63, 3.8) is 0 Å². The van der Waals surface area contributed by atoms with Gasteiger partial charge in [0, 0.05) is 36.0 Å². The zero-order chi connectivity index (χ0) is 23.3. The zero-order valence-electron chi connectivity index (χ0n) is 17.5. The highest BCUT2D eigenvalue weighted by atomic mass is 32.2. The second-order valence-electron chi connectivity index (χ2n) is 6.68. The molecule has 3 aromatic rings. The maximum Gasteiger partial charge on any atom is 0.272 e. The van der Waals surface area contributed by atoms with Gasteiger partial charge >= 0.3 is 0 Å². The molecule has 1 aromatic heterocycles. The highest BCUT2D eigenvalue weighted by Gasteiger charge is 2.20. The fourth-order valence-corrected chi connectivity index (χ4v) is 4.14. The Labute approximate surface area is 185 Å². The third-order valence-corrected chi connectivity index (χ3v) is 5.93. The van der Waals surface area contributed by atoms with E-state index in [-0.39, 0.29) is 23.6 Å². The van der Waals surface area contributed by atoms with Gasteiger partial charge < -0.3 is 4.74 Å². The summed E-state index contributed by atoms with van der Waals surface area (Å²) in [6.07, 6.45) is -1.02. The fourth-order valence-electron chi connectivity index (χ4n) is 3.18. The number of hydrogen-bond acceptors (Lipinski definition) is 5. The summed E-state index contributed by atoms with van der Waals surface area (Å²) in [6.45, 7) is 4.06. The molecule has 0 aliphatic rings. The molecule has 32 heavy (non-hydrogen) atoms. The van der Waals surface area contributed by atoms with Gasteiger partial charge in [0.15, 0.2) is 6.61 Å². The van der Waals surface area contributed by atoms with E-state index < -0.39 is 29.8 Å². The van der Waals surface area contributed by atoms with E-state index in [9.17, 15) is 17.4 Å². The van der Waals surface area contributed by atoms with Crippen molar-refractivity contribution in [3.8, 4) is 0 Å². The molecule has 0 saturated heterocycles. The number of hydrogen-bond donors (Lipinski definition) is 0.